The van der Waals surface area contributed by atoms with Gasteiger partial charge in [0.05, 0.1) is 5.75 Å². The summed E-state index contributed by atoms with van der Waals surface area (Å²) >= 11 is 1.89. The van der Waals surface area contributed by atoms with Crippen LogP contribution in [0.15, 0.2) is 0 Å². The van der Waals surface area contributed by atoms with Crippen LogP contribution in [-0.2, 0) is 0 Å². The lowest BCUT2D eigenvalue weighted by molar-refractivity contribution is 0.110. The molecule has 0 aromatic rings. The van der Waals surface area contributed by atoms with Gasteiger partial charge in [0.15, 0.2) is 0 Å². The Hall–Kier alpha value is -0.170. The molecule has 3 heteroatoms. The smallest absolute Gasteiger partial charge is 0.0545 e. The van der Waals surface area contributed by atoms with E-state index in [0.29, 0.717) is 6.04 Å². The van der Waals surface area contributed by atoms with E-state index in [1.165, 1.54) is 50.9 Å². The number of hydrogen-bond acceptors (Lipinski definition) is 3. The van der Waals surface area contributed by atoms with Gasteiger partial charge in [-0.1, -0.05) is 25.2 Å². The molecule has 0 spiro atoms. The normalized spacial score (nSPS) is 30.1. The summed E-state index contributed by atoms with van der Waals surface area (Å²) in [5, 5.41) is 3.79. The van der Waals surface area contributed by atoms with Crippen LogP contribution in [-0.4, -0.2) is 48.1 Å². The van der Waals surface area contributed by atoms with Crippen LogP contribution in [0.5, 0.6) is 0 Å². The second kappa shape index (κ2) is 8.19. The van der Waals surface area contributed by atoms with E-state index in [9.17, 15) is 0 Å². The summed E-state index contributed by atoms with van der Waals surface area (Å²) in [5.41, 5.74) is 0. The van der Waals surface area contributed by atoms with E-state index in [-0.39, 0.29) is 0 Å². The van der Waals surface area contributed by atoms with Crippen LogP contribution in [0.25, 0.3) is 0 Å². The maximum absolute atomic E-state index is 5.30. The van der Waals surface area contributed by atoms with Crippen molar-refractivity contribution in [3.63, 3.8) is 0 Å². The fourth-order valence-electron chi connectivity index (χ4n) is 3.43. The van der Waals surface area contributed by atoms with Gasteiger partial charge in [-0.3, -0.25) is 4.90 Å². The van der Waals surface area contributed by atoms with Gasteiger partial charge >= 0.3 is 0 Å². The van der Waals surface area contributed by atoms with Gasteiger partial charge < -0.3 is 5.32 Å². The van der Waals surface area contributed by atoms with E-state index >= 15 is 0 Å². The number of terminal acetylenes is 1. The summed E-state index contributed by atoms with van der Waals surface area (Å²) in [7, 11) is 0. The summed E-state index contributed by atoms with van der Waals surface area (Å²) in [6.45, 7) is 5.93. The average molecular weight is 280 g/mol. The van der Waals surface area contributed by atoms with Crippen LogP contribution in [0.1, 0.15) is 39.0 Å². The maximum Gasteiger partial charge on any atom is 0.0545 e. The van der Waals surface area contributed by atoms with Gasteiger partial charge in [0.25, 0.3) is 0 Å². The van der Waals surface area contributed by atoms with E-state index in [1.54, 1.807) is 0 Å². The highest BCUT2D eigenvalue weighted by atomic mass is 32.2. The van der Waals surface area contributed by atoms with Crippen LogP contribution < -0.4 is 5.32 Å². The minimum absolute atomic E-state index is 0.672. The highest BCUT2D eigenvalue weighted by molar-refractivity contribution is 7.99. The Morgan fingerprint density at radius 2 is 2.11 bits per heavy atom. The number of piperazine rings is 1. The van der Waals surface area contributed by atoms with Gasteiger partial charge in [-0.2, -0.15) is 0 Å². The quantitative estimate of drug-likeness (QED) is 0.615. The number of rotatable bonds is 5. The molecule has 0 bridgehead atoms. The molecule has 2 fully saturated rings. The zero-order valence-electron chi connectivity index (χ0n) is 12.2. The Bertz CT molecular complexity index is 294. The standard InChI is InChI=1S/C16H28N2S/c1-3-10-19-11-9-18-13-16(17-12-14(18)2)15-7-5-4-6-8-15/h1,14-17H,4-13H2,2H3. The monoisotopic (exact) mass is 280 g/mol. The number of hydrogen-bond donors (Lipinski definition) is 1. The van der Waals surface area contributed by atoms with Crippen LogP contribution in [0.4, 0.5) is 0 Å². The third kappa shape index (κ3) is 4.70. The Morgan fingerprint density at radius 1 is 1.32 bits per heavy atom. The van der Waals surface area contributed by atoms with Gasteiger partial charge in [0.1, 0.15) is 0 Å². The molecule has 1 N–H and O–H groups in total. The predicted molar refractivity (Wildman–Crippen MR) is 85.6 cm³/mol. The third-order valence-electron chi connectivity index (χ3n) is 4.66. The molecule has 0 amide bonds. The first-order valence-electron chi connectivity index (χ1n) is 7.80. The fraction of sp³-hybridized carbons (Fsp3) is 0.875. The molecule has 2 nitrogen and oxygen atoms in total. The third-order valence-corrected chi connectivity index (χ3v) is 5.50. The summed E-state index contributed by atoms with van der Waals surface area (Å²) in [5.74, 6) is 5.65. The van der Waals surface area contributed by atoms with Gasteiger partial charge in [-0.05, 0) is 25.7 Å². The first-order chi connectivity index (χ1) is 9.31. The van der Waals surface area contributed by atoms with Crippen molar-refractivity contribution < 1.29 is 0 Å². The van der Waals surface area contributed by atoms with Crippen molar-refractivity contribution in [1.82, 2.24) is 10.2 Å². The first-order valence-corrected chi connectivity index (χ1v) is 8.95. The Morgan fingerprint density at radius 3 is 2.84 bits per heavy atom. The molecule has 1 heterocycles. The summed E-state index contributed by atoms with van der Waals surface area (Å²) in [6.07, 6.45) is 12.5. The molecular weight excluding hydrogens is 252 g/mol. The lowest BCUT2D eigenvalue weighted by Crippen LogP contribution is -2.58. The minimum atomic E-state index is 0.672. The Balaban J connectivity index is 1.76. The lowest BCUT2D eigenvalue weighted by Gasteiger charge is -2.42. The van der Waals surface area contributed by atoms with E-state index in [2.05, 4.69) is 23.1 Å². The van der Waals surface area contributed by atoms with E-state index in [1.807, 2.05) is 11.8 Å². The van der Waals surface area contributed by atoms with E-state index in [4.69, 9.17) is 6.42 Å². The highest BCUT2D eigenvalue weighted by Gasteiger charge is 2.30. The van der Waals surface area contributed by atoms with Gasteiger partial charge in [-0.25, -0.2) is 0 Å². The van der Waals surface area contributed by atoms with Crippen molar-refractivity contribution >= 4 is 11.8 Å². The predicted octanol–water partition coefficient (Wildman–Crippen LogP) is 2.60. The van der Waals surface area contributed by atoms with E-state index < -0.39 is 0 Å². The average Bonchev–Trinajstić information content (AvgIpc) is 2.46. The summed E-state index contributed by atoms with van der Waals surface area (Å²) in [6, 6.07) is 1.40. The molecule has 2 unspecified atom stereocenters. The minimum Gasteiger partial charge on any atom is -0.311 e. The van der Waals surface area contributed by atoms with Crippen molar-refractivity contribution in [1.29, 1.82) is 0 Å². The molecule has 0 radical (unpaired) electrons. The molecule has 1 aliphatic heterocycles. The zero-order valence-corrected chi connectivity index (χ0v) is 13.1. The van der Waals surface area contributed by atoms with Crippen LogP contribution in [0.3, 0.4) is 0 Å². The first kappa shape index (κ1) is 15.2. The van der Waals surface area contributed by atoms with Crippen molar-refractivity contribution in [2.45, 2.75) is 51.1 Å². The molecule has 0 aromatic carbocycles. The zero-order chi connectivity index (χ0) is 13.5. The summed E-state index contributed by atoms with van der Waals surface area (Å²) in [4.78, 5) is 2.67. The van der Waals surface area contributed by atoms with Crippen LogP contribution in [0, 0.1) is 18.3 Å². The van der Waals surface area contributed by atoms with Gasteiger partial charge in [-0.15, -0.1) is 18.2 Å². The molecular formula is C16H28N2S. The Labute approximate surface area is 123 Å². The van der Waals surface area contributed by atoms with Gasteiger partial charge in [0, 0.05) is 37.5 Å². The lowest BCUT2D eigenvalue weighted by atomic mass is 9.82. The molecule has 19 heavy (non-hydrogen) atoms. The Kier molecular flexibility index (Phi) is 6.56. The number of nitrogens with one attached hydrogen (secondary N) is 1. The highest BCUT2D eigenvalue weighted by Crippen LogP contribution is 2.28. The molecule has 2 atom stereocenters. The molecule has 2 aliphatic rings. The molecule has 1 saturated carbocycles. The van der Waals surface area contributed by atoms with E-state index in [0.717, 1.165) is 24.3 Å². The number of thioether (sulfide) groups is 1. The topological polar surface area (TPSA) is 15.3 Å². The fourth-order valence-corrected chi connectivity index (χ4v) is 4.05. The molecule has 1 aliphatic carbocycles. The van der Waals surface area contributed by atoms with Crippen molar-refractivity contribution in [3.05, 3.63) is 0 Å². The summed E-state index contributed by atoms with van der Waals surface area (Å²) < 4.78 is 0. The molecule has 0 aromatic heterocycles. The SMILES string of the molecule is C#CCSCCN1CC(C2CCCCC2)NCC1C. The van der Waals surface area contributed by atoms with Crippen LogP contribution in [0.2, 0.25) is 0 Å². The largest absolute Gasteiger partial charge is 0.311 e. The maximum atomic E-state index is 5.30. The van der Waals surface area contributed by atoms with Crippen molar-refractivity contribution in [3.8, 4) is 12.3 Å². The molecule has 2 rings (SSSR count). The van der Waals surface area contributed by atoms with Crippen LogP contribution >= 0.6 is 11.8 Å². The van der Waals surface area contributed by atoms with Gasteiger partial charge in [0.2, 0.25) is 0 Å². The van der Waals surface area contributed by atoms with Crippen molar-refractivity contribution in [2.75, 3.05) is 31.1 Å². The molecule has 108 valence electrons. The number of nitrogens with zero attached hydrogens (tertiary/aromatic N) is 1. The molecule has 1 saturated heterocycles. The second-order valence-electron chi connectivity index (χ2n) is 6.01. The second-order valence-corrected chi connectivity index (χ2v) is 7.12. The van der Waals surface area contributed by atoms with Crippen molar-refractivity contribution in [2.24, 2.45) is 5.92 Å².